The molecule has 3 saturated heterocycles. The molecular formula is C16H23N3O4S2. The topological polar surface area (TPSA) is 88.6 Å². The molecule has 4 heterocycles. The van der Waals surface area contributed by atoms with Gasteiger partial charge in [-0.1, -0.05) is 0 Å². The standard InChI is InChI=1S/C16H23N3O4S2/c20-15(18-12-9-25(21,22)10-12)13-7-19(8-14-17-3-6-24-14)11-16(13)1-4-23-5-2-16/h3,6,12-13H,1-2,4-5,7-11H2,(H,18,20)/t13-/m0/s1. The zero-order valence-corrected chi connectivity index (χ0v) is 15.7. The molecule has 1 aromatic heterocycles. The van der Waals surface area contributed by atoms with E-state index in [9.17, 15) is 13.2 Å². The number of ether oxygens (including phenoxy) is 1. The van der Waals surface area contributed by atoms with Gasteiger partial charge in [-0.15, -0.1) is 11.3 Å². The van der Waals surface area contributed by atoms with E-state index in [1.54, 1.807) is 11.3 Å². The van der Waals surface area contributed by atoms with Crippen molar-refractivity contribution in [2.75, 3.05) is 37.8 Å². The zero-order chi connectivity index (χ0) is 17.5. The number of nitrogens with one attached hydrogen (secondary N) is 1. The zero-order valence-electron chi connectivity index (χ0n) is 14.0. The Balaban J connectivity index is 1.46. The summed E-state index contributed by atoms with van der Waals surface area (Å²) < 4.78 is 28.2. The quantitative estimate of drug-likeness (QED) is 0.801. The van der Waals surface area contributed by atoms with Gasteiger partial charge in [-0.05, 0) is 12.8 Å². The van der Waals surface area contributed by atoms with Crippen molar-refractivity contribution >= 4 is 27.1 Å². The number of aromatic nitrogens is 1. The van der Waals surface area contributed by atoms with E-state index in [-0.39, 0.29) is 34.8 Å². The van der Waals surface area contributed by atoms with Gasteiger partial charge >= 0.3 is 0 Å². The second kappa shape index (κ2) is 6.61. The van der Waals surface area contributed by atoms with Crippen molar-refractivity contribution in [3.05, 3.63) is 16.6 Å². The fraction of sp³-hybridized carbons (Fsp3) is 0.750. The number of sulfone groups is 1. The third kappa shape index (κ3) is 3.60. The number of carbonyl (C=O) groups excluding carboxylic acids is 1. The van der Waals surface area contributed by atoms with Gasteiger partial charge < -0.3 is 10.1 Å². The first-order valence-corrected chi connectivity index (χ1v) is 11.4. The first kappa shape index (κ1) is 17.4. The number of amides is 1. The van der Waals surface area contributed by atoms with E-state index in [0.29, 0.717) is 19.8 Å². The Kier molecular flexibility index (Phi) is 4.59. The molecule has 3 fully saturated rings. The lowest BCUT2D eigenvalue weighted by Gasteiger charge is -2.38. The molecule has 0 aromatic carbocycles. The molecule has 4 rings (SSSR count). The first-order chi connectivity index (χ1) is 12.0. The summed E-state index contributed by atoms with van der Waals surface area (Å²) in [6.07, 6.45) is 3.56. The minimum absolute atomic E-state index is 0.00318. The lowest BCUT2D eigenvalue weighted by Crippen LogP contribution is -2.56. The number of hydrogen-bond acceptors (Lipinski definition) is 7. The highest BCUT2D eigenvalue weighted by molar-refractivity contribution is 7.92. The second-order valence-electron chi connectivity index (χ2n) is 7.41. The molecule has 9 heteroatoms. The molecule has 1 atom stereocenters. The minimum Gasteiger partial charge on any atom is -0.381 e. The van der Waals surface area contributed by atoms with Gasteiger partial charge in [-0.3, -0.25) is 9.69 Å². The monoisotopic (exact) mass is 385 g/mol. The lowest BCUT2D eigenvalue weighted by molar-refractivity contribution is -0.130. The maximum Gasteiger partial charge on any atom is 0.225 e. The fourth-order valence-corrected chi connectivity index (χ4v) is 6.26. The molecule has 1 spiro atoms. The molecule has 1 aromatic rings. The molecule has 25 heavy (non-hydrogen) atoms. The Morgan fingerprint density at radius 3 is 2.80 bits per heavy atom. The largest absolute Gasteiger partial charge is 0.381 e. The van der Waals surface area contributed by atoms with Crippen molar-refractivity contribution in [3.8, 4) is 0 Å². The number of carbonyl (C=O) groups is 1. The van der Waals surface area contributed by atoms with Crippen LogP contribution in [0, 0.1) is 11.3 Å². The van der Waals surface area contributed by atoms with Crippen molar-refractivity contribution in [2.45, 2.75) is 25.4 Å². The summed E-state index contributed by atoms with van der Waals surface area (Å²) in [6, 6.07) is -0.220. The molecule has 0 radical (unpaired) electrons. The highest BCUT2D eigenvalue weighted by atomic mass is 32.2. The molecule has 7 nitrogen and oxygen atoms in total. The highest BCUT2D eigenvalue weighted by Gasteiger charge is 2.51. The van der Waals surface area contributed by atoms with Crippen LogP contribution in [0.3, 0.4) is 0 Å². The summed E-state index contributed by atoms with van der Waals surface area (Å²) in [5.74, 6) is 0.0394. The van der Waals surface area contributed by atoms with E-state index in [0.717, 1.165) is 30.9 Å². The van der Waals surface area contributed by atoms with Crippen LogP contribution >= 0.6 is 11.3 Å². The third-order valence-corrected chi connectivity index (χ3v) is 8.21. The van der Waals surface area contributed by atoms with Crippen LogP contribution < -0.4 is 5.32 Å². The minimum atomic E-state index is -2.93. The van der Waals surface area contributed by atoms with Gasteiger partial charge in [0.15, 0.2) is 9.84 Å². The van der Waals surface area contributed by atoms with Crippen molar-refractivity contribution in [1.82, 2.24) is 15.2 Å². The van der Waals surface area contributed by atoms with Crippen LogP contribution in [0.1, 0.15) is 17.8 Å². The van der Waals surface area contributed by atoms with Crippen LogP contribution in [0.5, 0.6) is 0 Å². The summed E-state index contributed by atoms with van der Waals surface area (Å²) >= 11 is 1.63. The average Bonchev–Trinajstić information content (AvgIpc) is 3.15. The van der Waals surface area contributed by atoms with Crippen molar-refractivity contribution in [1.29, 1.82) is 0 Å². The molecule has 0 aliphatic carbocycles. The number of nitrogens with zero attached hydrogens (tertiary/aromatic N) is 2. The smallest absolute Gasteiger partial charge is 0.225 e. The predicted octanol–water partition coefficient (Wildman–Crippen LogP) is 0.285. The van der Waals surface area contributed by atoms with Crippen molar-refractivity contribution < 1.29 is 17.9 Å². The van der Waals surface area contributed by atoms with Crippen LogP contribution in [-0.4, -0.2) is 68.1 Å². The Labute approximate surface area is 151 Å². The highest BCUT2D eigenvalue weighted by Crippen LogP contribution is 2.45. The van der Waals surface area contributed by atoms with E-state index in [1.165, 1.54) is 0 Å². The molecule has 3 aliphatic heterocycles. The van der Waals surface area contributed by atoms with Crippen molar-refractivity contribution in [3.63, 3.8) is 0 Å². The maximum atomic E-state index is 12.9. The molecule has 1 N–H and O–H groups in total. The van der Waals surface area contributed by atoms with Gasteiger partial charge in [0.2, 0.25) is 5.91 Å². The third-order valence-electron chi connectivity index (χ3n) is 5.62. The molecule has 138 valence electrons. The number of thiazole rings is 1. The van der Waals surface area contributed by atoms with Crippen molar-refractivity contribution in [2.24, 2.45) is 11.3 Å². The van der Waals surface area contributed by atoms with Crippen LogP contribution in [0.15, 0.2) is 11.6 Å². The van der Waals surface area contributed by atoms with Gasteiger partial charge in [-0.25, -0.2) is 13.4 Å². The molecular weight excluding hydrogens is 362 g/mol. The van der Waals surface area contributed by atoms with E-state index >= 15 is 0 Å². The van der Waals surface area contributed by atoms with E-state index in [2.05, 4.69) is 15.2 Å². The van der Waals surface area contributed by atoms with Gasteiger partial charge in [0, 0.05) is 43.3 Å². The summed E-state index contributed by atoms with van der Waals surface area (Å²) in [7, 11) is -2.93. The van der Waals surface area contributed by atoms with Gasteiger partial charge in [0.05, 0.1) is 30.0 Å². The van der Waals surface area contributed by atoms with Crippen LogP contribution in [0.2, 0.25) is 0 Å². The number of likely N-dealkylation sites (tertiary alicyclic amines) is 1. The molecule has 0 bridgehead atoms. The normalized spacial score (nSPS) is 28.7. The number of rotatable bonds is 4. The van der Waals surface area contributed by atoms with Crippen LogP contribution in [0.4, 0.5) is 0 Å². The van der Waals surface area contributed by atoms with Crippen LogP contribution in [-0.2, 0) is 25.9 Å². The van der Waals surface area contributed by atoms with Gasteiger partial charge in [0.1, 0.15) is 5.01 Å². The average molecular weight is 386 g/mol. The predicted molar refractivity (Wildman–Crippen MR) is 94.0 cm³/mol. The molecule has 1 amide bonds. The van der Waals surface area contributed by atoms with Crippen LogP contribution in [0.25, 0.3) is 0 Å². The maximum absolute atomic E-state index is 12.9. The summed E-state index contributed by atoms with van der Waals surface area (Å²) in [5, 5.41) is 6.00. The first-order valence-electron chi connectivity index (χ1n) is 8.65. The number of hydrogen-bond donors (Lipinski definition) is 1. The molecule has 0 saturated carbocycles. The lowest BCUT2D eigenvalue weighted by atomic mass is 9.71. The fourth-order valence-electron chi connectivity index (χ4n) is 4.31. The Hall–Kier alpha value is -1.03. The van der Waals surface area contributed by atoms with E-state index in [1.807, 2.05) is 11.6 Å². The van der Waals surface area contributed by atoms with Gasteiger partial charge in [-0.2, -0.15) is 0 Å². The molecule has 3 aliphatic rings. The SMILES string of the molecule is O=C(NC1CS(=O)(=O)C1)[C@@H]1CN(Cc2nccs2)CC12CCOCC2. The summed E-state index contributed by atoms with van der Waals surface area (Å²) in [6.45, 7) is 3.71. The Bertz CT molecular complexity index is 717. The van der Waals surface area contributed by atoms with Gasteiger partial charge in [0.25, 0.3) is 0 Å². The Morgan fingerprint density at radius 2 is 2.16 bits per heavy atom. The second-order valence-corrected chi connectivity index (χ2v) is 10.5. The molecule has 0 unspecified atom stereocenters. The summed E-state index contributed by atoms with van der Waals surface area (Å²) in [5.41, 5.74) is -0.0672. The Morgan fingerprint density at radius 1 is 1.40 bits per heavy atom. The van der Waals surface area contributed by atoms with E-state index < -0.39 is 9.84 Å². The summed E-state index contributed by atoms with van der Waals surface area (Å²) in [4.78, 5) is 19.6. The van der Waals surface area contributed by atoms with E-state index in [4.69, 9.17) is 4.74 Å².